The molecule has 0 radical (unpaired) electrons. The van der Waals surface area contributed by atoms with Crippen molar-refractivity contribution in [2.75, 3.05) is 12.9 Å². The summed E-state index contributed by atoms with van der Waals surface area (Å²) < 4.78 is 7.47. The van der Waals surface area contributed by atoms with E-state index in [0.717, 1.165) is 27.7 Å². The van der Waals surface area contributed by atoms with Crippen molar-refractivity contribution in [2.45, 2.75) is 12.1 Å². The van der Waals surface area contributed by atoms with Gasteiger partial charge < -0.3 is 4.74 Å². The summed E-state index contributed by atoms with van der Waals surface area (Å²) in [6.45, 7) is 2.03. The molecule has 0 bridgehead atoms. The van der Waals surface area contributed by atoms with Crippen LogP contribution in [0.1, 0.15) is 5.56 Å². The fraction of sp³-hybridized carbons (Fsp3) is 0.188. The Kier molecular flexibility index (Phi) is 4.65. The molecule has 5 nitrogen and oxygen atoms in total. The lowest BCUT2D eigenvalue weighted by atomic mass is 10.2. The molecule has 0 aliphatic rings. The molecule has 0 saturated heterocycles. The van der Waals surface area contributed by atoms with E-state index >= 15 is 0 Å². The van der Waals surface area contributed by atoms with Crippen molar-refractivity contribution in [3.05, 3.63) is 41.3 Å². The van der Waals surface area contributed by atoms with E-state index in [1.807, 2.05) is 47.2 Å². The van der Waals surface area contributed by atoms with E-state index in [-0.39, 0.29) is 0 Å². The second-order valence-electron chi connectivity index (χ2n) is 4.74. The van der Waals surface area contributed by atoms with E-state index in [2.05, 4.69) is 16.3 Å². The SMILES string of the molecule is COc1ccc(C)cc1-n1c(SCC#N)nnc1-c1cccs1. The van der Waals surface area contributed by atoms with Gasteiger partial charge in [0.05, 0.1) is 29.5 Å². The maximum atomic E-state index is 8.87. The molecule has 2 aromatic heterocycles. The van der Waals surface area contributed by atoms with E-state index < -0.39 is 0 Å². The highest BCUT2D eigenvalue weighted by molar-refractivity contribution is 7.99. The Morgan fingerprint density at radius 1 is 1.35 bits per heavy atom. The molecule has 0 unspecified atom stereocenters. The van der Waals surface area contributed by atoms with Crippen molar-refractivity contribution in [1.29, 1.82) is 5.26 Å². The largest absolute Gasteiger partial charge is 0.495 e. The van der Waals surface area contributed by atoms with Crippen LogP contribution in [0.2, 0.25) is 0 Å². The van der Waals surface area contributed by atoms with Crippen LogP contribution in [0, 0.1) is 18.3 Å². The number of aromatic nitrogens is 3. The summed E-state index contributed by atoms with van der Waals surface area (Å²) in [5.41, 5.74) is 1.99. The van der Waals surface area contributed by atoms with Gasteiger partial charge in [-0.05, 0) is 36.1 Å². The lowest BCUT2D eigenvalue weighted by molar-refractivity contribution is 0.412. The van der Waals surface area contributed by atoms with Crippen LogP contribution in [-0.2, 0) is 0 Å². The first-order chi connectivity index (χ1) is 11.2. The number of thioether (sulfide) groups is 1. The topological polar surface area (TPSA) is 63.7 Å². The van der Waals surface area contributed by atoms with E-state index in [1.165, 1.54) is 11.8 Å². The highest BCUT2D eigenvalue weighted by atomic mass is 32.2. The zero-order valence-electron chi connectivity index (χ0n) is 12.7. The third-order valence-electron chi connectivity index (χ3n) is 3.22. The summed E-state index contributed by atoms with van der Waals surface area (Å²) in [7, 11) is 1.64. The van der Waals surface area contributed by atoms with Gasteiger partial charge in [0.2, 0.25) is 0 Å². The average molecular weight is 342 g/mol. The van der Waals surface area contributed by atoms with Gasteiger partial charge in [-0.2, -0.15) is 5.26 Å². The second kappa shape index (κ2) is 6.86. The van der Waals surface area contributed by atoms with Gasteiger partial charge >= 0.3 is 0 Å². The van der Waals surface area contributed by atoms with Gasteiger partial charge in [0, 0.05) is 0 Å². The molecule has 0 saturated carbocycles. The molecule has 0 amide bonds. The minimum absolute atomic E-state index is 0.316. The Hall–Kier alpha value is -2.30. The van der Waals surface area contributed by atoms with Crippen LogP contribution in [0.3, 0.4) is 0 Å². The summed E-state index contributed by atoms with van der Waals surface area (Å²) in [6, 6.07) is 12.1. The maximum Gasteiger partial charge on any atom is 0.197 e. The number of thiophene rings is 1. The van der Waals surface area contributed by atoms with E-state index in [9.17, 15) is 0 Å². The summed E-state index contributed by atoms with van der Waals surface area (Å²) in [4.78, 5) is 1.02. The quantitative estimate of drug-likeness (QED) is 0.657. The van der Waals surface area contributed by atoms with Gasteiger partial charge in [-0.3, -0.25) is 4.57 Å². The third-order valence-corrected chi connectivity index (χ3v) is 4.88. The van der Waals surface area contributed by atoms with Gasteiger partial charge in [-0.25, -0.2) is 0 Å². The number of nitriles is 1. The molecular formula is C16H14N4OS2. The highest BCUT2D eigenvalue weighted by Gasteiger charge is 2.19. The standard InChI is InChI=1S/C16H14N4OS2/c1-11-5-6-13(21-2)12(10-11)20-15(14-4-3-8-22-14)18-19-16(20)23-9-7-17/h3-6,8,10H,9H2,1-2H3. The van der Waals surface area contributed by atoms with Crippen LogP contribution in [0.4, 0.5) is 0 Å². The first-order valence-corrected chi connectivity index (χ1v) is 8.75. The fourth-order valence-corrected chi connectivity index (χ4v) is 3.52. The number of ether oxygens (including phenoxy) is 1. The Morgan fingerprint density at radius 3 is 2.91 bits per heavy atom. The summed E-state index contributed by atoms with van der Waals surface area (Å²) in [5, 5.41) is 20.2. The van der Waals surface area contributed by atoms with E-state index in [1.54, 1.807) is 18.4 Å². The van der Waals surface area contributed by atoms with Crippen molar-refractivity contribution in [1.82, 2.24) is 14.8 Å². The van der Waals surface area contributed by atoms with Gasteiger partial charge in [0.25, 0.3) is 0 Å². The zero-order chi connectivity index (χ0) is 16.2. The van der Waals surface area contributed by atoms with Crippen molar-refractivity contribution in [3.63, 3.8) is 0 Å². The molecule has 0 N–H and O–H groups in total. The van der Waals surface area contributed by atoms with Crippen LogP contribution in [-0.4, -0.2) is 27.6 Å². The number of rotatable bonds is 5. The molecule has 23 heavy (non-hydrogen) atoms. The Morgan fingerprint density at radius 2 is 2.22 bits per heavy atom. The number of nitrogens with zero attached hydrogens (tertiary/aromatic N) is 4. The van der Waals surface area contributed by atoms with Crippen molar-refractivity contribution >= 4 is 23.1 Å². The lowest BCUT2D eigenvalue weighted by Gasteiger charge is -2.13. The van der Waals surface area contributed by atoms with Crippen molar-refractivity contribution < 1.29 is 4.74 Å². The third kappa shape index (κ3) is 3.09. The van der Waals surface area contributed by atoms with E-state index in [0.29, 0.717) is 10.9 Å². The van der Waals surface area contributed by atoms with Gasteiger partial charge in [-0.1, -0.05) is 23.9 Å². The smallest absolute Gasteiger partial charge is 0.197 e. The molecular weight excluding hydrogens is 328 g/mol. The second-order valence-corrected chi connectivity index (χ2v) is 6.63. The van der Waals surface area contributed by atoms with Crippen LogP contribution in [0.15, 0.2) is 40.9 Å². The number of methoxy groups -OCH3 is 1. The first-order valence-electron chi connectivity index (χ1n) is 6.88. The van der Waals surface area contributed by atoms with Crippen LogP contribution >= 0.6 is 23.1 Å². The highest BCUT2D eigenvalue weighted by Crippen LogP contribution is 2.34. The molecule has 3 rings (SSSR count). The first kappa shape index (κ1) is 15.6. The Bertz CT molecular complexity index is 850. The molecule has 7 heteroatoms. The van der Waals surface area contributed by atoms with Gasteiger partial charge in [-0.15, -0.1) is 21.5 Å². The summed E-state index contributed by atoms with van der Waals surface area (Å²) >= 11 is 2.96. The molecule has 0 fully saturated rings. The Balaban J connectivity index is 2.22. The molecule has 116 valence electrons. The Labute approximate surface area is 142 Å². The van der Waals surface area contributed by atoms with Gasteiger partial charge in [0.1, 0.15) is 5.75 Å². The molecule has 1 aromatic carbocycles. The van der Waals surface area contributed by atoms with Crippen LogP contribution < -0.4 is 4.74 Å². The molecule has 0 aliphatic carbocycles. The molecule has 0 spiro atoms. The fourth-order valence-electron chi connectivity index (χ4n) is 2.22. The molecule has 2 heterocycles. The number of aryl methyl sites for hydroxylation is 1. The summed E-state index contributed by atoms with van der Waals surface area (Å²) in [5.74, 6) is 1.81. The lowest BCUT2D eigenvalue weighted by Crippen LogP contribution is -2.02. The van der Waals surface area contributed by atoms with Gasteiger partial charge in [0.15, 0.2) is 11.0 Å². The predicted molar refractivity (Wildman–Crippen MR) is 92.3 cm³/mol. The zero-order valence-corrected chi connectivity index (χ0v) is 14.3. The number of hydrogen-bond acceptors (Lipinski definition) is 6. The van der Waals surface area contributed by atoms with Crippen LogP contribution in [0.25, 0.3) is 16.4 Å². The predicted octanol–water partition coefficient (Wildman–Crippen LogP) is 3.93. The maximum absolute atomic E-state index is 8.87. The molecule has 0 atom stereocenters. The molecule has 3 aromatic rings. The minimum Gasteiger partial charge on any atom is -0.495 e. The minimum atomic E-state index is 0.316. The number of benzene rings is 1. The van der Waals surface area contributed by atoms with Crippen LogP contribution in [0.5, 0.6) is 5.75 Å². The number of hydrogen-bond donors (Lipinski definition) is 0. The normalized spacial score (nSPS) is 10.5. The summed E-state index contributed by atoms with van der Waals surface area (Å²) in [6.07, 6.45) is 0. The van der Waals surface area contributed by atoms with Crippen molar-refractivity contribution in [3.8, 4) is 28.2 Å². The monoisotopic (exact) mass is 342 g/mol. The molecule has 0 aliphatic heterocycles. The van der Waals surface area contributed by atoms with Crippen molar-refractivity contribution in [2.24, 2.45) is 0 Å². The van der Waals surface area contributed by atoms with E-state index in [4.69, 9.17) is 10.00 Å². The average Bonchev–Trinajstić information content (AvgIpc) is 3.21.